The fourth-order valence-corrected chi connectivity index (χ4v) is 3.17. The quantitative estimate of drug-likeness (QED) is 0.683. The van der Waals surface area contributed by atoms with Crippen molar-refractivity contribution in [3.05, 3.63) is 11.8 Å². The van der Waals surface area contributed by atoms with E-state index in [2.05, 4.69) is 19.2 Å². The van der Waals surface area contributed by atoms with Gasteiger partial charge in [0.05, 0.1) is 0 Å². The van der Waals surface area contributed by atoms with Gasteiger partial charge in [0.1, 0.15) is 0 Å². The van der Waals surface area contributed by atoms with E-state index in [0.717, 1.165) is 19.4 Å². The van der Waals surface area contributed by atoms with E-state index in [0.29, 0.717) is 24.2 Å². The fourth-order valence-electron chi connectivity index (χ4n) is 3.17. The molecule has 1 amide bonds. The third-order valence-corrected chi connectivity index (χ3v) is 4.70. The Morgan fingerprint density at radius 3 is 2.78 bits per heavy atom. The molecular formula is C18H31NO4. The summed E-state index contributed by atoms with van der Waals surface area (Å²) in [6.07, 6.45) is 5.52. The number of carbonyl (C=O) groups is 1. The number of aliphatic hydroxyl groups excluding tert-OH is 1. The highest BCUT2D eigenvalue weighted by molar-refractivity contribution is 5.91. The molecule has 2 rings (SSSR count). The van der Waals surface area contributed by atoms with Gasteiger partial charge in [-0.2, -0.15) is 0 Å². The Balaban J connectivity index is 2.09. The van der Waals surface area contributed by atoms with Crippen molar-refractivity contribution in [2.45, 2.75) is 52.7 Å². The zero-order valence-electron chi connectivity index (χ0n) is 14.6. The second-order valence-corrected chi connectivity index (χ2v) is 6.98. The molecule has 0 bridgehead atoms. The molecule has 0 aromatic carbocycles. The fraction of sp³-hybridized carbons (Fsp3) is 0.833. The smallest absolute Gasteiger partial charge is 0.286 e. The Kier molecular flexibility index (Phi) is 6.90. The van der Waals surface area contributed by atoms with Crippen LogP contribution in [0.1, 0.15) is 46.5 Å². The summed E-state index contributed by atoms with van der Waals surface area (Å²) >= 11 is 0. The zero-order valence-corrected chi connectivity index (χ0v) is 14.6. The molecule has 2 aliphatic rings. The van der Waals surface area contributed by atoms with Gasteiger partial charge in [0.2, 0.25) is 6.29 Å². The van der Waals surface area contributed by atoms with Crippen molar-refractivity contribution in [2.75, 3.05) is 19.8 Å². The third-order valence-electron chi connectivity index (χ3n) is 4.70. The summed E-state index contributed by atoms with van der Waals surface area (Å²) in [6.45, 7) is 7.68. The lowest BCUT2D eigenvalue weighted by molar-refractivity contribution is -0.175. The Labute approximate surface area is 139 Å². The Morgan fingerprint density at radius 1 is 1.48 bits per heavy atom. The van der Waals surface area contributed by atoms with Gasteiger partial charge in [0, 0.05) is 25.7 Å². The molecule has 0 aromatic heterocycles. The van der Waals surface area contributed by atoms with Gasteiger partial charge in [-0.05, 0) is 56.4 Å². The molecule has 0 radical (unpaired) electrons. The van der Waals surface area contributed by atoms with Gasteiger partial charge >= 0.3 is 0 Å². The van der Waals surface area contributed by atoms with E-state index < -0.39 is 6.29 Å². The highest BCUT2D eigenvalue weighted by Crippen LogP contribution is 2.37. The predicted molar refractivity (Wildman–Crippen MR) is 88.5 cm³/mol. The average Bonchev–Trinajstić information content (AvgIpc) is 3.35. The van der Waals surface area contributed by atoms with Gasteiger partial charge in [-0.25, -0.2) is 0 Å². The lowest BCUT2D eigenvalue weighted by atomic mass is 9.78. The Bertz CT molecular complexity index is 417. The molecular weight excluding hydrogens is 294 g/mol. The topological polar surface area (TPSA) is 67.8 Å². The minimum absolute atomic E-state index is 0.132. The zero-order chi connectivity index (χ0) is 16.8. The van der Waals surface area contributed by atoms with Crippen LogP contribution in [0.25, 0.3) is 0 Å². The molecule has 23 heavy (non-hydrogen) atoms. The first-order valence-corrected chi connectivity index (χ1v) is 8.95. The van der Waals surface area contributed by atoms with E-state index in [9.17, 15) is 4.79 Å². The van der Waals surface area contributed by atoms with Gasteiger partial charge in [-0.15, -0.1) is 0 Å². The summed E-state index contributed by atoms with van der Waals surface area (Å²) < 4.78 is 11.6. The van der Waals surface area contributed by atoms with Crippen molar-refractivity contribution in [3.63, 3.8) is 0 Å². The van der Waals surface area contributed by atoms with Crippen LogP contribution >= 0.6 is 0 Å². The SMILES string of the molecule is CCO[C@H]1OC(C(=O)NCC2CC2)=C[C@@H](C(C)C)[C@@H]1CCCO. The average molecular weight is 325 g/mol. The van der Waals surface area contributed by atoms with Crippen molar-refractivity contribution < 1.29 is 19.4 Å². The number of hydrogen-bond donors (Lipinski definition) is 2. The second kappa shape index (κ2) is 8.69. The first kappa shape index (κ1) is 18.3. The van der Waals surface area contributed by atoms with Crippen LogP contribution in [0.2, 0.25) is 0 Å². The van der Waals surface area contributed by atoms with E-state index in [1.807, 2.05) is 13.0 Å². The summed E-state index contributed by atoms with van der Waals surface area (Å²) in [5.74, 6) is 1.67. The van der Waals surface area contributed by atoms with Gasteiger partial charge in [0.15, 0.2) is 5.76 Å². The number of aliphatic hydroxyl groups is 1. The van der Waals surface area contributed by atoms with Crippen LogP contribution in [0.4, 0.5) is 0 Å². The molecule has 0 saturated heterocycles. The third kappa shape index (κ3) is 5.21. The summed E-state index contributed by atoms with van der Waals surface area (Å²) in [5.41, 5.74) is 0. The van der Waals surface area contributed by atoms with E-state index in [1.54, 1.807) is 0 Å². The summed E-state index contributed by atoms with van der Waals surface area (Å²) in [7, 11) is 0. The molecule has 5 heteroatoms. The van der Waals surface area contributed by atoms with Gasteiger partial charge in [-0.1, -0.05) is 13.8 Å². The number of rotatable bonds is 9. The van der Waals surface area contributed by atoms with Crippen LogP contribution in [0, 0.1) is 23.7 Å². The number of ether oxygens (including phenoxy) is 2. The molecule has 0 spiro atoms. The minimum Gasteiger partial charge on any atom is -0.459 e. The molecule has 1 aliphatic heterocycles. The van der Waals surface area contributed by atoms with Crippen molar-refractivity contribution in [1.82, 2.24) is 5.32 Å². The number of hydrogen-bond acceptors (Lipinski definition) is 4. The molecule has 132 valence electrons. The van der Waals surface area contributed by atoms with Crippen LogP contribution in [0.5, 0.6) is 0 Å². The highest BCUT2D eigenvalue weighted by Gasteiger charge is 2.38. The van der Waals surface area contributed by atoms with Crippen LogP contribution in [0.15, 0.2) is 11.8 Å². The van der Waals surface area contributed by atoms with Crippen molar-refractivity contribution in [2.24, 2.45) is 23.7 Å². The molecule has 1 aliphatic carbocycles. The monoisotopic (exact) mass is 325 g/mol. The van der Waals surface area contributed by atoms with E-state index in [4.69, 9.17) is 14.6 Å². The van der Waals surface area contributed by atoms with E-state index in [1.165, 1.54) is 12.8 Å². The van der Waals surface area contributed by atoms with Crippen LogP contribution < -0.4 is 5.32 Å². The molecule has 0 unspecified atom stereocenters. The van der Waals surface area contributed by atoms with Crippen LogP contribution in [-0.2, 0) is 14.3 Å². The van der Waals surface area contributed by atoms with Crippen LogP contribution in [0.3, 0.4) is 0 Å². The molecule has 2 N–H and O–H groups in total. The molecule has 3 atom stereocenters. The van der Waals surface area contributed by atoms with Crippen molar-refractivity contribution >= 4 is 5.91 Å². The minimum atomic E-state index is -0.411. The summed E-state index contributed by atoms with van der Waals surface area (Å²) in [4.78, 5) is 12.4. The second-order valence-electron chi connectivity index (χ2n) is 6.98. The number of nitrogens with one attached hydrogen (secondary N) is 1. The molecule has 0 aromatic rings. The predicted octanol–water partition coefficient (Wildman–Crippen LogP) is 2.45. The summed E-state index contributed by atoms with van der Waals surface area (Å²) in [5, 5.41) is 12.1. The maximum absolute atomic E-state index is 12.4. The largest absolute Gasteiger partial charge is 0.459 e. The maximum atomic E-state index is 12.4. The molecule has 5 nitrogen and oxygen atoms in total. The maximum Gasteiger partial charge on any atom is 0.286 e. The van der Waals surface area contributed by atoms with Crippen molar-refractivity contribution in [1.29, 1.82) is 0 Å². The van der Waals surface area contributed by atoms with Crippen LogP contribution in [-0.4, -0.2) is 37.1 Å². The van der Waals surface area contributed by atoms with E-state index in [-0.39, 0.29) is 24.3 Å². The van der Waals surface area contributed by atoms with Gasteiger partial charge in [-0.3, -0.25) is 4.79 Å². The Morgan fingerprint density at radius 2 is 2.22 bits per heavy atom. The normalized spacial score (nSPS) is 27.5. The number of amides is 1. The molecule has 1 fully saturated rings. The summed E-state index contributed by atoms with van der Waals surface area (Å²) in [6, 6.07) is 0. The van der Waals surface area contributed by atoms with Crippen molar-refractivity contribution in [3.8, 4) is 0 Å². The highest BCUT2D eigenvalue weighted by atomic mass is 16.7. The Hall–Kier alpha value is -1.07. The standard InChI is InChI=1S/C18H31NO4/c1-4-22-18-14(6-5-9-20)15(12(2)3)10-16(23-18)17(21)19-11-13-7-8-13/h10,12-15,18,20H,4-9,11H2,1-3H3,(H,19,21)/t14-,15-,18-/m0/s1. The lowest BCUT2D eigenvalue weighted by Gasteiger charge is -2.38. The van der Waals surface area contributed by atoms with E-state index >= 15 is 0 Å². The first-order valence-electron chi connectivity index (χ1n) is 8.95. The number of allylic oxidation sites excluding steroid dienone is 1. The van der Waals surface area contributed by atoms with Gasteiger partial charge in [0.25, 0.3) is 5.91 Å². The molecule has 1 heterocycles. The lowest BCUT2D eigenvalue weighted by Crippen LogP contribution is -2.41. The number of carbonyl (C=O) groups excluding carboxylic acids is 1. The molecule has 1 saturated carbocycles. The first-order chi connectivity index (χ1) is 11.1. The van der Waals surface area contributed by atoms with Gasteiger partial charge < -0.3 is 19.9 Å².